The summed E-state index contributed by atoms with van der Waals surface area (Å²) in [6.07, 6.45) is 4.59. The van der Waals surface area contributed by atoms with Crippen molar-refractivity contribution in [1.82, 2.24) is 19.6 Å². The molecule has 0 saturated heterocycles. The van der Waals surface area contributed by atoms with Crippen LogP contribution in [0.5, 0.6) is 0 Å². The lowest BCUT2D eigenvalue weighted by atomic mass is 10.3. The third-order valence-corrected chi connectivity index (χ3v) is 2.61. The molecule has 3 rings (SSSR count). The summed E-state index contributed by atoms with van der Waals surface area (Å²) in [7, 11) is 0. The lowest BCUT2D eigenvalue weighted by Crippen LogP contribution is -2.13. The van der Waals surface area contributed by atoms with Gasteiger partial charge in [-0.15, -0.1) is 5.10 Å². The molecule has 1 amide bonds. The SMILES string of the molecule is N#Cc1ccc2nc(NC(=O)c3cccnc3)nn2c1. The number of fused-ring (bicyclic) bond motifs is 1. The predicted molar refractivity (Wildman–Crippen MR) is 69.9 cm³/mol. The number of carbonyl (C=O) groups is 1. The highest BCUT2D eigenvalue weighted by atomic mass is 16.1. The molecule has 0 aromatic carbocycles. The van der Waals surface area contributed by atoms with E-state index in [4.69, 9.17) is 5.26 Å². The second kappa shape index (κ2) is 4.78. The standard InChI is InChI=1S/C13H8N6O/c14-6-9-3-4-11-16-13(18-19(11)8-9)17-12(20)10-2-1-5-15-7-10/h1-5,7-8H,(H,17,18,20). The summed E-state index contributed by atoms with van der Waals surface area (Å²) in [5, 5.41) is 15.5. The van der Waals surface area contributed by atoms with E-state index >= 15 is 0 Å². The van der Waals surface area contributed by atoms with Gasteiger partial charge in [-0.1, -0.05) is 0 Å². The van der Waals surface area contributed by atoms with Crippen LogP contribution in [0.2, 0.25) is 0 Å². The summed E-state index contributed by atoms with van der Waals surface area (Å²) >= 11 is 0. The van der Waals surface area contributed by atoms with Gasteiger partial charge in [0.05, 0.1) is 11.1 Å². The Bertz CT molecular complexity index is 818. The first-order valence-electron chi connectivity index (χ1n) is 5.74. The molecule has 0 atom stereocenters. The summed E-state index contributed by atoms with van der Waals surface area (Å²) in [6.45, 7) is 0. The van der Waals surface area contributed by atoms with Crippen LogP contribution >= 0.6 is 0 Å². The van der Waals surface area contributed by atoms with Crippen molar-refractivity contribution in [2.45, 2.75) is 0 Å². The smallest absolute Gasteiger partial charge is 0.259 e. The zero-order chi connectivity index (χ0) is 13.9. The molecule has 0 bridgehead atoms. The van der Waals surface area contributed by atoms with Crippen molar-refractivity contribution < 1.29 is 4.79 Å². The van der Waals surface area contributed by atoms with E-state index in [1.807, 2.05) is 6.07 Å². The normalized spacial score (nSPS) is 10.2. The molecule has 0 aliphatic rings. The first-order valence-corrected chi connectivity index (χ1v) is 5.74. The molecule has 3 heterocycles. The minimum Gasteiger partial charge on any atom is -0.289 e. The maximum atomic E-state index is 11.9. The van der Waals surface area contributed by atoms with Crippen molar-refractivity contribution in [3.63, 3.8) is 0 Å². The molecule has 3 aromatic heterocycles. The van der Waals surface area contributed by atoms with E-state index in [2.05, 4.69) is 20.4 Å². The molecule has 96 valence electrons. The summed E-state index contributed by atoms with van der Waals surface area (Å²) in [5.41, 5.74) is 1.43. The molecule has 0 saturated carbocycles. The van der Waals surface area contributed by atoms with Crippen LogP contribution in [-0.4, -0.2) is 25.5 Å². The fourth-order valence-corrected chi connectivity index (χ4v) is 1.67. The summed E-state index contributed by atoms with van der Waals surface area (Å²) in [5.74, 6) is -0.163. The number of amides is 1. The number of hydrogen-bond donors (Lipinski definition) is 1. The summed E-state index contributed by atoms with van der Waals surface area (Å²) < 4.78 is 1.44. The van der Waals surface area contributed by atoms with Crippen LogP contribution in [-0.2, 0) is 0 Å². The van der Waals surface area contributed by atoms with Crippen molar-refractivity contribution in [2.75, 3.05) is 5.32 Å². The predicted octanol–water partition coefficient (Wildman–Crippen LogP) is 1.25. The molecule has 0 unspecified atom stereocenters. The molecule has 0 fully saturated rings. The number of rotatable bonds is 2. The molecule has 3 aromatic rings. The largest absolute Gasteiger partial charge is 0.289 e. The van der Waals surface area contributed by atoms with E-state index in [0.29, 0.717) is 16.8 Å². The molecule has 1 N–H and O–H groups in total. The number of carbonyl (C=O) groups excluding carboxylic acids is 1. The van der Waals surface area contributed by atoms with Gasteiger partial charge in [-0.2, -0.15) is 10.2 Å². The second-order valence-corrected chi connectivity index (χ2v) is 3.96. The third-order valence-electron chi connectivity index (χ3n) is 2.61. The van der Waals surface area contributed by atoms with Gasteiger partial charge in [-0.3, -0.25) is 15.1 Å². The van der Waals surface area contributed by atoms with E-state index in [-0.39, 0.29) is 11.9 Å². The van der Waals surface area contributed by atoms with Crippen LogP contribution in [0.4, 0.5) is 5.95 Å². The van der Waals surface area contributed by atoms with Crippen molar-refractivity contribution in [3.8, 4) is 6.07 Å². The van der Waals surface area contributed by atoms with Crippen LogP contribution in [0, 0.1) is 11.3 Å². The van der Waals surface area contributed by atoms with Crippen LogP contribution in [0.3, 0.4) is 0 Å². The number of nitriles is 1. The van der Waals surface area contributed by atoms with Gasteiger partial charge in [0.1, 0.15) is 6.07 Å². The maximum absolute atomic E-state index is 11.9. The minimum atomic E-state index is -0.338. The Balaban J connectivity index is 1.88. The lowest BCUT2D eigenvalue weighted by molar-refractivity contribution is 0.102. The number of aromatic nitrogens is 4. The molecule has 20 heavy (non-hydrogen) atoms. The van der Waals surface area contributed by atoms with E-state index in [1.54, 1.807) is 36.7 Å². The van der Waals surface area contributed by atoms with Gasteiger partial charge < -0.3 is 0 Å². The molecule has 0 aliphatic heterocycles. The highest BCUT2D eigenvalue weighted by molar-refractivity contribution is 6.03. The van der Waals surface area contributed by atoms with Gasteiger partial charge in [0.2, 0.25) is 5.95 Å². The highest BCUT2D eigenvalue weighted by Crippen LogP contribution is 2.08. The number of hydrogen-bond acceptors (Lipinski definition) is 5. The molecule has 0 aliphatic carbocycles. The van der Waals surface area contributed by atoms with Gasteiger partial charge >= 0.3 is 0 Å². The number of pyridine rings is 2. The van der Waals surface area contributed by atoms with Gasteiger partial charge in [-0.05, 0) is 24.3 Å². The molecular weight excluding hydrogens is 256 g/mol. The molecule has 0 spiro atoms. The van der Waals surface area contributed by atoms with E-state index < -0.39 is 0 Å². The fraction of sp³-hybridized carbons (Fsp3) is 0. The quantitative estimate of drug-likeness (QED) is 0.751. The summed E-state index contributed by atoms with van der Waals surface area (Å²) in [4.78, 5) is 19.9. The minimum absolute atomic E-state index is 0.175. The zero-order valence-corrected chi connectivity index (χ0v) is 10.2. The average Bonchev–Trinajstić information content (AvgIpc) is 2.89. The molecule has 0 radical (unpaired) electrons. The first kappa shape index (κ1) is 11.8. The Hall–Kier alpha value is -3.27. The summed E-state index contributed by atoms with van der Waals surface area (Å²) in [6, 6.07) is 8.62. The molecule has 7 nitrogen and oxygen atoms in total. The molecule has 7 heteroatoms. The van der Waals surface area contributed by atoms with Crippen molar-refractivity contribution in [1.29, 1.82) is 5.26 Å². The van der Waals surface area contributed by atoms with Crippen LogP contribution < -0.4 is 5.32 Å². The number of anilines is 1. The van der Waals surface area contributed by atoms with E-state index in [1.165, 1.54) is 10.7 Å². The van der Waals surface area contributed by atoms with Crippen molar-refractivity contribution in [3.05, 3.63) is 54.0 Å². The van der Waals surface area contributed by atoms with Gasteiger partial charge in [0.25, 0.3) is 5.91 Å². The Morgan fingerprint density at radius 1 is 1.35 bits per heavy atom. The van der Waals surface area contributed by atoms with Gasteiger partial charge in [0.15, 0.2) is 5.65 Å². The Morgan fingerprint density at radius 3 is 3.00 bits per heavy atom. The van der Waals surface area contributed by atoms with Crippen LogP contribution in [0.1, 0.15) is 15.9 Å². The lowest BCUT2D eigenvalue weighted by Gasteiger charge is -1.98. The highest BCUT2D eigenvalue weighted by Gasteiger charge is 2.10. The van der Waals surface area contributed by atoms with E-state index in [9.17, 15) is 4.79 Å². The monoisotopic (exact) mass is 264 g/mol. The van der Waals surface area contributed by atoms with Crippen LogP contribution in [0.25, 0.3) is 5.65 Å². The first-order chi connectivity index (χ1) is 9.76. The number of nitrogens with one attached hydrogen (secondary N) is 1. The van der Waals surface area contributed by atoms with E-state index in [0.717, 1.165) is 0 Å². The van der Waals surface area contributed by atoms with Gasteiger partial charge in [-0.25, -0.2) is 4.52 Å². The number of nitrogens with zero attached hydrogens (tertiary/aromatic N) is 5. The van der Waals surface area contributed by atoms with Crippen LogP contribution in [0.15, 0.2) is 42.9 Å². The average molecular weight is 264 g/mol. The zero-order valence-electron chi connectivity index (χ0n) is 10.2. The van der Waals surface area contributed by atoms with Crippen molar-refractivity contribution in [2.24, 2.45) is 0 Å². The van der Waals surface area contributed by atoms with Gasteiger partial charge in [0, 0.05) is 18.6 Å². The fourth-order valence-electron chi connectivity index (χ4n) is 1.67. The maximum Gasteiger partial charge on any atom is 0.259 e. The topological polar surface area (TPSA) is 96.0 Å². The van der Waals surface area contributed by atoms with Crippen molar-refractivity contribution >= 4 is 17.5 Å². The Kier molecular flexibility index (Phi) is 2.82. The third kappa shape index (κ3) is 2.18. The molecular formula is C13H8N6O. The second-order valence-electron chi connectivity index (χ2n) is 3.96. The Labute approximate surface area is 113 Å². The Morgan fingerprint density at radius 2 is 2.25 bits per heavy atom.